The van der Waals surface area contributed by atoms with Crippen molar-refractivity contribution >= 4 is 40.3 Å². The summed E-state index contributed by atoms with van der Waals surface area (Å²) in [5.74, 6) is -0.00860. The van der Waals surface area contributed by atoms with E-state index in [-0.39, 0.29) is 5.91 Å². The number of pyridine rings is 1. The Morgan fingerprint density at radius 2 is 1.83 bits per heavy atom. The number of hydrogen-bond acceptors (Lipinski definition) is 3. The minimum atomic E-state index is -0.00860. The summed E-state index contributed by atoms with van der Waals surface area (Å²) in [6.07, 6.45) is 5.86. The summed E-state index contributed by atoms with van der Waals surface area (Å²) in [6, 6.07) is 13.6. The summed E-state index contributed by atoms with van der Waals surface area (Å²) in [4.78, 5) is 17.1. The van der Waals surface area contributed by atoms with E-state index in [0.717, 1.165) is 56.8 Å². The first kappa shape index (κ1) is 21.0. The number of halogens is 2. The maximum Gasteiger partial charge on any atom is 0.252 e. The molecule has 1 saturated heterocycles. The van der Waals surface area contributed by atoms with Gasteiger partial charge in [0.1, 0.15) is 0 Å². The first-order valence-corrected chi connectivity index (χ1v) is 11.1. The molecule has 1 fully saturated rings. The van der Waals surface area contributed by atoms with Gasteiger partial charge in [-0.3, -0.25) is 9.69 Å². The predicted molar refractivity (Wildman–Crippen MR) is 124 cm³/mol. The molecule has 1 aliphatic rings. The average Bonchev–Trinajstić information content (AvgIpc) is 3.20. The van der Waals surface area contributed by atoms with Crippen LogP contribution in [0.2, 0.25) is 10.0 Å². The topological polar surface area (TPSA) is 40.0 Å². The van der Waals surface area contributed by atoms with E-state index in [0.29, 0.717) is 22.2 Å². The minimum absolute atomic E-state index is 0.00860. The normalized spacial score (nSPS) is 14.9. The van der Waals surface area contributed by atoms with E-state index in [1.54, 1.807) is 0 Å². The molecule has 0 bridgehead atoms. The Hall–Kier alpha value is -2.21. The summed E-state index contributed by atoms with van der Waals surface area (Å²) in [5, 5.41) is 4.27. The van der Waals surface area contributed by atoms with Gasteiger partial charge in [0.2, 0.25) is 0 Å². The molecule has 0 unspecified atom stereocenters. The smallest absolute Gasteiger partial charge is 0.252 e. The van der Waals surface area contributed by atoms with E-state index < -0.39 is 0 Å². The Balaban J connectivity index is 1.15. The molecule has 0 saturated carbocycles. The van der Waals surface area contributed by atoms with E-state index in [4.69, 9.17) is 23.2 Å². The van der Waals surface area contributed by atoms with Crippen LogP contribution in [-0.4, -0.2) is 54.5 Å². The predicted octanol–water partition coefficient (Wildman–Crippen LogP) is 4.58. The number of aromatic nitrogens is 1. The van der Waals surface area contributed by atoms with Gasteiger partial charge in [-0.25, -0.2) is 0 Å². The van der Waals surface area contributed by atoms with Gasteiger partial charge in [-0.2, -0.15) is 0 Å². The fourth-order valence-corrected chi connectivity index (χ4v) is 4.31. The van der Waals surface area contributed by atoms with Gasteiger partial charge in [-0.15, -0.1) is 0 Å². The summed E-state index contributed by atoms with van der Waals surface area (Å²) >= 11 is 12.5. The number of piperazine rings is 1. The second-order valence-corrected chi connectivity index (χ2v) is 8.41. The Morgan fingerprint density at radius 1 is 1.00 bits per heavy atom. The highest BCUT2D eigenvalue weighted by molar-refractivity contribution is 6.43. The van der Waals surface area contributed by atoms with Crippen LogP contribution in [0, 0.1) is 0 Å². The number of anilines is 1. The summed E-state index contributed by atoms with van der Waals surface area (Å²) in [7, 11) is 0. The number of hydrogen-bond donors (Lipinski definition) is 1. The number of amides is 1. The monoisotopic (exact) mass is 444 g/mol. The van der Waals surface area contributed by atoms with Crippen LogP contribution in [-0.2, 0) is 0 Å². The van der Waals surface area contributed by atoms with E-state index in [9.17, 15) is 4.79 Å². The molecule has 0 aliphatic carbocycles. The molecule has 7 heteroatoms. The summed E-state index contributed by atoms with van der Waals surface area (Å²) in [5.41, 5.74) is 2.75. The fourth-order valence-electron chi connectivity index (χ4n) is 3.89. The molecule has 1 amide bonds. The first-order chi connectivity index (χ1) is 14.6. The van der Waals surface area contributed by atoms with Crippen LogP contribution >= 0.6 is 23.2 Å². The molecule has 0 radical (unpaired) electrons. The highest BCUT2D eigenvalue weighted by Gasteiger charge is 2.19. The van der Waals surface area contributed by atoms with Gasteiger partial charge >= 0.3 is 0 Å². The quantitative estimate of drug-likeness (QED) is 0.542. The van der Waals surface area contributed by atoms with Gasteiger partial charge in [0.25, 0.3) is 5.91 Å². The zero-order valence-corrected chi connectivity index (χ0v) is 18.4. The van der Waals surface area contributed by atoms with Crippen LogP contribution in [0.15, 0.2) is 54.9 Å². The molecule has 3 heterocycles. The number of rotatable bonds is 7. The van der Waals surface area contributed by atoms with Crippen molar-refractivity contribution in [3.63, 3.8) is 0 Å². The number of carbonyl (C=O) groups is 1. The highest BCUT2D eigenvalue weighted by Crippen LogP contribution is 2.32. The zero-order valence-electron chi connectivity index (χ0n) is 16.9. The van der Waals surface area contributed by atoms with Crippen molar-refractivity contribution in [1.82, 2.24) is 14.6 Å². The van der Waals surface area contributed by atoms with Crippen molar-refractivity contribution in [2.24, 2.45) is 0 Å². The number of benzene rings is 1. The lowest BCUT2D eigenvalue weighted by Gasteiger charge is -2.36. The molecule has 1 N–H and O–H groups in total. The van der Waals surface area contributed by atoms with Gasteiger partial charge in [0.15, 0.2) is 0 Å². The third-order valence-electron chi connectivity index (χ3n) is 5.60. The Morgan fingerprint density at radius 3 is 2.63 bits per heavy atom. The number of fused-ring (bicyclic) bond motifs is 1. The van der Waals surface area contributed by atoms with Gasteiger partial charge < -0.3 is 14.6 Å². The molecular formula is C23H26Cl2N4O. The van der Waals surface area contributed by atoms with Crippen molar-refractivity contribution in [3.05, 3.63) is 70.5 Å². The third-order valence-corrected chi connectivity index (χ3v) is 6.41. The SMILES string of the molecule is O=C(NCCCCN1CCN(c2cccc(Cl)c2Cl)CC1)c1cc2ccccn2c1. The van der Waals surface area contributed by atoms with Crippen molar-refractivity contribution < 1.29 is 4.79 Å². The second kappa shape index (κ2) is 9.73. The molecule has 1 aliphatic heterocycles. The molecule has 30 heavy (non-hydrogen) atoms. The van der Waals surface area contributed by atoms with E-state index in [1.165, 1.54) is 0 Å². The Labute approximate surface area is 187 Å². The number of nitrogens with zero attached hydrogens (tertiary/aromatic N) is 3. The Kier molecular flexibility index (Phi) is 6.82. The fraction of sp³-hybridized carbons (Fsp3) is 0.348. The van der Waals surface area contributed by atoms with Crippen molar-refractivity contribution in [2.75, 3.05) is 44.2 Å². The average molecular weight is 445 g/mol. The van der Waals surface area contributed by atoms with E-state index >= 15 is 0 Å². The summed E-state index contributed by atoms with van der Waals surface area (Å²) in [6.45, 7) is 5.64. The number of carbonyl (C=O) groups excluding carboxylic acids is 1. The molecule has 0 atom stereocenters. The van der Waals surface area contributed by atoms with Crippen LogP contribution in [0.25, 0.3) is 5.52 Å². The summed E-state index contributed by atoms with van der Waals surface area (Å²) < 4.78 is 1.96. The molecule has 0 spiro atoms. The van der Waals surface area contributed by atoms with Crippen molar-refractivity contribution in [3.8, 4) is 0 Å². The van der Waals surface area contributed by atoms with Crippen LogP contribution in [0.3, 0.4) is 0 Å². The van der Waals surface area contributed by atoms with Crippen LogP contribution in [0.1, 0.15) is 23.2 Å². The van der Waals surface area contributed by atoms with Crippen LogP contribution < -0.4 is 10.2 Å². The largest absolute Gasteiger partial charge is 0.368 e. The number of nitrogens with one attached hydrogen (secondary N) is 1. The molecule has 5 nitrogen and oxygen atoms in total. The molecule has 2 aromatic heterocycles. The highest BCUT2D eigenvalue weighted by atomic mass is 35.5. The molecule has 3 aromatic rings. The van der Waals surface area contributed by atoms with Crippen LogP contribution in [0.5, 0.6) is 0 Å². The molecule has 1 aromatic carbocycles. The van der Waals surface area contributed by atoms with Crippen molar-refractivity contribution in [2.45, 2.75) is 12.8 Å². The number of unbranched alkanes of at least 4 members (excludes halogenated alkanes) is 1. The lowest BCUT2D eigenvalue weighted by molar-refractivity contribution is 0.0952. The van der Waals surface area contributed by atoms with Crippen LogP contribution in [0.4, 0.5) is 5.69 Å². The standard InChI is InChI=1S/C23H26Cl2N4O/c24-20-7-5-8-21(22(20)25)28-14-12-27(13-15-28)10-4-2-9-26-23(30)18-16-19-6-1-3-11-29(19)17-18/h1,3,5-8,11,16-17H,2,4,9-10,12-15H2,(H,26,30). The maximum atomic E-state index is 12.3. The Bertz CT molecular complexity index is 978. The van der Waals surface area contributed by atoms with Gasteiger partial charge in [0.05, 0.1) is 21.3 Å². The third kappa shape index (κ3) is 4.91. The second-order valence-electron chi connectivity index (χ2n) is 7.63. The lowest BCUT2D eigenvalue weighted by atomic mass is 10.2. The lowest BCUT2D eigenvalue weighted by Crippen LogP contribution is -2.46. The van der Waals surface area contributed by atoms with E-state index in [1.807, 2.05) is 59.3 Å². The first-order valence-electron chi connectivity index (χ1n) is 10.4. The molecule has 158 valence electrons. The van der Waals surface area contributed by atoms with Gasteiger partial charge in [-0.05, 0) is 49.7 Å². The zero-order chi connectivity index (χ0) is 20.9. The van der Waals surface area contributed by atoms with Gasteiger partial charge in [-0.1, -0.05) is 35.3 Å². The molecule has 4 rings (SSSR count). The van der Waals surface area contributed by atoms with Gasteiger partial charge in [0, 0.05) is 50.6 Å². The van der Waals surface area contributed by atoms with Crippen molar-refractivity contribution in [1.29, 1.82) is 0 Å². The molecular weight excluding hydrogens is 419 g/mol. The van der Waals surface area contributed by atoms with E-state index in [2.05, 4.69) is 15.1 Å². The minimum Gasteiger partial charge on any atom is -0.368 e. The maximum absolute atomic E-state index is 12.3.